The second-order valence-electron chi connectivity index (χ2n) is 4.53. The predicted octanol–water partition coefficient (Wildman–Crippen LogP) is 2.41. The van der Waals surface area contributed by atoms with Crippen LogP contribution >= 0.6 is 0 Å². The van der Waals surface area contributed by atoms with Gasteiger partial charge in [-0.1, -0.05) is 0 Å². The monoisotopic (exact) mass is 334 g/mol. The molecule has 0 aliphatic heterocycles. The molecule has 23 heavy (non-hydrogen) atoms. The van der Waals surface area contributed by atoms with Crippen molar-refractivity contribution in [2.45, 2.75) is 11.8 Å². The Bertz CT molecular complexity index is 754. The number of nitrogens with one attached hydrogen (secondary N) is 1. The van der Waals surface area contributed by atoms with E-state index in [2.05, 4.69) is 9.93 Å². The SMILES string of the molecule is CCOc1ccc(S(=O)(=O)NN=Cc2ccc(OC)cc2)cc1. The van der Waals surface area contributed by atoms with Gasteiger partial charge in [-0.3, -0.25) is 0 Å². The van der Waals surface area contributed by atoms with E-state index in [4.69, 9.17) is 9.47 Å². The minimum Gasteiger partial charge on any atom is -0.497 e. The van der Waals surface area contributed by atoms with Gasteiger partial charge in [0.15, 0.2) is 0 Å². The molecule has 6 nitrogen and oxygen atoms in total. The summed E-state index contributed by atoms with van der Waals surface area (Å²) in [7, 11) is -2.13. The number of benzene rings is 2. The second-order valence-corrected chi connectivity index (χ2v) is 6.19. The number of sulfonamides is 1. The number of hydrazone groups is 1. The molecule has 7 heteroatoms. The molecule has 0 fully saturated rings. The average Bonchev–Trinajstić information content (AvgIpc) is 2.56. The highest BCUT2D eigenvalue weighted by Gasteiger charge is 2.12. The number of rotatable bonds is 7. The van der Waals surface area contributed by atoms with E-state index in [9.17, 15) is 8.42 Å². The first-order valence-corrected chi connectivity index (χ1v) is 8.45. The van der Waals surface area contributed by atoms with Gasteiger partial charge in [-0.25, -0.2) is 4.83 Å². The Kier molecular flexibility index (Phi) is 5.59. The van der Waals surface area contributed by atoms with Crippen LogP contribution in [0.25, 0.3) is 0 Å². The van der Waals surface area contributed by atoms with Crippen molar-refractivity contribution in [2.75, 3.05) is 13.7 Å². The highest BCUT2D eigenvalue weighted by Crippen LogP contribution is 2.15. The smallest absolute Gasteiger partial charge is 0.276 e. The highest BCUT2D eigenvalue weighted by atomic mass is 32.2. The molecule has 0 radical (unpaired) electrons. The Hall–Kier alpha value is -2.54. The molecular formula is C16H18N2O4S. The van der Waals surface area contributed by atoms with Crippen molar-refractivity contribution < 1.29 is 17.9 Å². The summed E-state index contributed by atoms with van der Waals surface area (Å²) in [6, 6.07) is 13.2. The molecule has 0 unspecified atom stereocenters. The van der Waals surface area contributed by atoms with E-state index in [1.807, 2.05) is 6.92 Å². The van der Waals surface area contributed by atoms with Crippen molar-refractivity contribution in [2.24, 2.45) is 5.10 Å². The Balaban J connectivity index is 2.03. The summed E-state index contributed by atoms with van der Waals surface area (Å²) >= 11 is 0. The molecule has 0 atom stereocenters. The van der Waals surface area contributed by atoms with Crippen LogP contribution in [-0.2, 0) is 10.0 Å². The zero-order valence-corrected chi connectivity index (χ0v) is 13.7. The molecule has 0 saturated heterocycles. The first-order valence-electron chi connectivity index (χ1n) is 6.97. The maximum absolute atomic E-state index is 12.1. The average molecular weight is 334 g/mol. The van der Waals surface area contributed by atoms with E-state index in [0.717, 1.165) is 11.3 Å². The lowest BCUT2D eigenvalue weighted by atomic mass is 10.2. The van der Waals surface area contributed by atoms with Crippen LogP contribution in [0.2, 0.25) is 0 Å². The second kappa shape index (κ2) is 7.64. The number of hydrogen-bond donors (Lipinski definition) is 1. The molecule has 2 rings (SSSR count). The molecular weight excluding hydrogens is 316 g/mol. The molecule has 0 saturated carbocycles. The molecule has 0 heterocycles. The molecule has 0 aliphatic carbocycles. The number of methoxy groups -OCH3 is 1. The summed E-state index contributed by atoms with van der Waals surface area (Å²) in [6.07, 6.45) is 1.42. The van der Waals surface area contributed by atoms with Crippen LogP contribution in [0.1, 0.15) is 12.5 Å². The van der Waals surface area contributed by atoms with Crippen molar-refractivity contribution in [3.05, 3.63) is 54.1 Å². The fraction of sp³-hybridized carbons (Fsp3) is 0.188. The van der Waals surface area contributed by atoms with Crippen molar-refractivity contribution in [3.63, 3.8) is 0 Å². The van der Waals surface area contributed by atoms with E-state index < -0.39 is 10.0 Å². The van der Waals surface area contributed by atoms with Crippen molar-refractivity contribution in [1.29, 1.82) is 0 Å². The maximum Gasteiger partial charge on any atom is 0.276 e. The summed E-state index contributed by atoms with van der Waals surface area (Å²) in [5.74, 6) is 1.34. The zero-order valence-electron chi connectivity index (χ0n) is 12.9. The van der Waals surface area contributed by atoms with E-state index in [1.54, 1.807) is 43.5 Å². The Morgan fingerprint density at radius 3 is 2.22 bits per heavy atom. The van der Waals surface area contributed by atoms with Crippen molar-refractivity contribution in [3.8, 4) is 11.5 Å². The van der Waals surface area contributed by atoms with Crippen LogP contribution in [0.15, 0.2) is 58.5 Å². The van der Waals surface area contributed by atoms with E-state index in [0.29, 0.717) is 12.4 Å². The number of nitrogens with zero attached hydrogens (tertiary/aromatic N) is 1. The highest BCUT2D eigenvalue weighted by molar-refractivity contribution is 7.89. The van der Waals surface area contributed by atoms with Crippen molar-refractivity contribution in [1.82, 2.24) is 4.83 Å². The van der Waals surface area contributed by atoms with Crippen LogP contribution in [0.4, 0.5) is 0 Å². The lowest BCUT2D eigenvalue weighted by Crippen LogP contribution is -2.18. The van der Waals surface area contributed by atoms with Crippen LogP contribution in [-0.4, -0.2) is 28.3 Å². The summed E-state index contributed by atoms with van der Waals surface area (Å²) in [6.45, 7) is 2.39. The van der Waals surface area contributed by atoms with Crippen LogP contribution in [0.5, 0.6) is 11.5 Å². The first-order chi connectivity index (χ1) is 11.0. The molecule has 0 spiro atoms. The molecule has 2 aromatic carbocycles. The van der Waals surface area contributed by atoms with Gasteiger partial charge in [-0.15, -0.1) is 0 Å². The Morgan fingerprint density at radius 1 is 1.04 bits per heavy atom. The van der Waals surface area contributed by atoms with E-state index >= 15 is 0 Å². The molecule has 0 aromatic heterocycles. The van der Waals surface area contributed by atoms with Gasteiger partial charge in [-0.2, -0.15) is 13.5 Å². The van der Waals surface area contributed by atoms with Gasteiger partial charge in [0.2, 0.25) is 0 Å². The quantitative estimate of drug-likeness (QED) is 0.623. The van der Waals surface area contributed by atoms with Gasteiger partial charge in [0.25, 0.3) is 10.0 Å². The van der Waals surface area contributed by atoms with Gasteiger partial charge < -0.3 is 9.47 Å². The molecule has 0 bridgehead atoms. The molecule has 1 N–H and O–H groups in total. The minimum atomic E-state index is -3.70. The first kappa shape index (κ1) is 16.8. The predicted molar refractivity (Wildman–Crippen MR) is 88.5 cm³/mol. The summed E-state index contributed by atoms with van der Waals surface area (Å²) in [4.78, 5) is 2.29. The largest absolute Gasteiger partial charge is 0.497 e. The van der Waals surface area contributed by atoms with Crippen LogP contribution < -0.4 is 14.3 Å². The Labute approximate surface area is 135 Å². The maximum atomic E-state index is 12.1. The zero-order chi connectivity index (χ0) is 16.7. The topological polar surface area (TPSA) is 77.0 Å². The summed E-state index contributed by atoms with van der Waals surface area (Å²) in [5, 5.41) is 3.77. The van der Waals surface area contributed by atoms with Crippen LogP contribution in [0.3, 0.4) is 0 Å². The van der Waals surface area contributed by atoms with Crippen LogP contribution in [0, 0.1) is 0 Å². The number of ether oxygens (including phenoxy) is 2. The van der Waals surface area contributed by atoms with Gasteiger partial charge >= 0.3 is 0 Å². The van der Waals surface area contributed by atoms with E-state index in [1.165, 1.54) is 18.3 Å². The number of hydrogen-bond acceptors (Lipinski definition) is 5. The lowest BCUT2D eigenvalue weighted by molar-refractivity contribution is 0.340. The van der Waals surface area contributed by atoms with Gasteiger partial charge in [-0.05, 0) is 61.0 Å². The fourth-order valence-corrected chi connectivity index (χ4v) is 2.59. The van der Waals surface area contributed by atoms with E-state index in [-0.39, 0.29) is 4.90 Å². The van der Waals surface area contributed by atoms with Crippen molar-refractivity contribution >= 4 is 16.2 Å². The third-order valence-corrected chi connectivity index (χ3v) is 4.19. The summed E-state index contributed by atoms with van der Waals surface area (Å²) in [5.41, 5.74) is 0.750. The standard InChI is InChI=1S/C16H18N2O4S/c1-3-22-15-8-10-16(11-9-15)23(19,20)18-17-12-13-4-6-14(21-2)7-5-13/h4-12,18H,3H2,1-2H3. The molecule has 0 aliphatic rings. The van der Waals surface area contributed by atoms with Gasteiger partial charge in [0.05, 0.1) is 24.8 Å². The molecule has 0 amide bonds. The van der Waals surface area contributed by atoms with Gasteiger partial charge in [0.1, 0.15) is 11.5 Å². The Morgan fingerprint density at radius 2 is 1.65 bits per heavy atom. The molecule has 2 aromatic rings. The molecule has 122 valence electrons. The normalized spacial score (nSPS) is 11.4. The third kappa shape index (κ3) is 4.72. The minimum absolute atomic E-state index is 0.118. The third-order valence-electron chi connectivity index (χ3n) is 2.95. The lowest BCUT2D eigenvalue weighted by Gasteiger charge is -2.05. The summed E-state index contributed by atoms with van der Waals surface area (Å²) < 4.78 is 34.5. The fourth-order valence-electron chi connectivity index (χ4n) is 1.79. The van der Waals surface area contributed by atoms with Gasteiger partial charge in [0, 0.05) is 0 Å².